The lowest BCUT2D eigenvalue weighted by Crippen LogP contribution is -1.99. The first-order chi connectivity index (χ1) is 14.0. The maximum absolute atomic E-state index is 10.4. The predicted octanol–water partition coefficient (Wildman–Crippen LogP) is 1.95. The molecule has 0 saturated heterocycles. The molecule has 0 unspecified atom stereocenters. The van der Waals surface area contributed by atoms with Crippen molar-refractivity contribution in [2.45, 2.75) is 45.1 Å². The summed E-state index contributed by atoms with van der Waals surface area (Å²) in [4.78, 5) is 20.5. The second kappa shape index (κ2) is 12.0. The molecule has 0 amide bonds. The van der Waals surface area contributed by atoms with Gasteiger partial charge in [0.1, 0.15) is 0 Å². The lowest BCUT2D eigenvalue weighted by Gasteiger charge is -1.99. The summed E-state index contributed by atoms with van der Waals surface area (Å²) >= 11 is 0. The zero-order valence-corrected chi connectivity index (χ0v) is 15.9. The van der Waals surface area contributed by atoms with Crippen LogP contribution in [0.4, 0.5) is 0 Å². The van der Waals surface area contributed by atoms with Gasteiger partial charge in [-0.3, -0.25) is 14.7 Å². The summed E-state index contributed by atoms with van der Waals surface area (Å²) < 4.78 is 1.77. The van der Waals surface area contributed by atoms with Crippen LogP contribution in [-0.4, -0.2) is 52.6 Å². The van der Waals surface area contributed by atoms with Crippen molar-refractivity contribution in [3.63, 3.8) is 0 Å². The van der Waals surface area contributed by atoms with Gasteiger partial charge >= 0.3 is 11.9 Å². The summed E-state index contributed by atoms with van der Waals surface area (Å²) in [6.07, 6.45) is 6.43. The Labute approximate surface area is 167 Å². The highest BCUT2D eigenvalue weighted by atomic mass is 16.4. The highest BCUT2D eigenvalue weighted by Crippen LogP contribution is 2.04. The number of aromatic amines is 1. The number of aryl methyl sites for hydroxylation is 2. The van der Waals surface area contributed by atoms with E-state index in [-0.39, 0.29) is 12.8 Å². The molecule has 3 aromatic rings. The molecule has 10 nitrogen and oxygen atoms in total. The van der Waals surface area contributed by atoms with Gasteiger partial charge in [0, 0.05) is 25.2 Å². The van der Waals surface area contributed by atoms with Crippen molar-refractivity contribution < 1.29 is 19.8 Å². The number of carboxylic acid groups (broad SMARTS) is 2. The summed E-state index contributed by atoms with van der Waals surface area (Å²) in [5.41, 5.74) is 2.82. The average molecular weight is 400 g/mol. The zero-order valence-electron chi connectivity index (χ0n) is 15.9. The third kappa shape index (κ3) is 9.27. The summed E-state index contributed by atoms with van der Waals surface area (Å²) in [6.45, 7) is 0.687. The van der Waals surface area contributed by atoms with Crippen LogP contribution in [0, 0.1) is 0 Å². The Hall–Kier alpha value is -3.56. The normalized spacial score (nSPS) is 10.2. The maximum atomic E-state index is 10.4. The number of hydrogen-bond acceptors (Lipinski definition) is 6. The molecule has 0 atom stereocenters. The molecule has 0 bridgehead atoms. The van der Waals surface area contributed by atoms with E-state index in [4.69, 9.17) is 10.2 Å². The molecule has 3 rings (SSSR count). The molecule has 0 fully saturated rings. The van der Waals surface area contributed by atoms with Crippen molar-refractivity contribution in [1.82, 2.24) is 30.4 Å². The first kappa shape index (κ1) is 21.7. The van der Waals surface area contributed by atoms with Crippen LogP contribution in [0.1, 0.15) is 42.6 Å². The fraction of sp³-hybridized carbons (Fsp3) is 0.368. The van der Waals surface area contributed by atoms with E-state index in [1.165, 1.54) is 5.56 Å². The third-order valence-corrected chi connectivity index (χ3v) is 3.89. The van der Waals surface area contributed by atoms with Crippen LogP contribution in [-0.2, 0) is 29.0 Å². The lowest BCUT2D eigenvalue weighted by atomic mass is 10.2. The molecule has 0 spiro atoms. The number of nitrogens with one attached hydrogen (secondary N) is 1. The molecule has 2 heterocycles. The van der Waals surface area contributed by atoms with Gasteiger partial charge in [0.25, 0.3) is 0 Å². The van der Waals surface area contributed by atoms with Crippen LogP contribution in [0.3, 0.4) is 0 Å². The van der Waals surface area contributed by atoms with Crippen LogP contribution in [0.2, 0.25) is 0 Å². The van der Waals surface area contributed by atoms with E-state index in [1.807, 2.05) is 36.5 Å². The van der Waals surface area contributed by atoms with Crippen molar-refractivity contribution in [2.75, 3.05) is 0 Å². The molecule has 0 aliphatic carbocycles. The standard InChI is InChI=1S/C13H15N3O2.C6H9N3O2/c17-13(18)8-4-7-12-10-16(15-14-12)9-11-5-2-1-3-6-11;10-6(11)3-1-2-5-4-7-9-8-5/h1-3,5-6,10H,4,7-9H2,(H,17,18);4H,1-3H2,(H,10,11)(H,7,8,9). The summed E-state index contributed by atoms with van der Waals surface area (Å²) in [7, 11) is 0. The smallest absolute Gasteiger partial charge is 0.303 e. The Kier molecular flexibility index (Phi) is 9.00. The molecule has 1 aromatic carbocycles. The van der Waals surface area contributed by atoms with E-state index in [9.17, 15) is 9.59 Å². The zero-order chi connectivity index (χ0) is 20.9. The Morgan fingerprint density at radius 1 is 0.931 bits per heavy atom. The van der Waals surface area contributed by atoms with Crippen molar-refractivity contribution in [2.24, 2.45) is 0 Å². The Balaban J connectivity index is 0.000000234. The van der Waals surface area contributed by atoms with E-state index >= 15 is 0 Å². The summed E-state index contributed by atoms with van der Waals surface area (Å²) in [5.74, 6) is -1.54. The Morgan fingerprint density at radius 3 is 2.17 bits per heavy atom. The van der Waals surface area contributed by atoms with Crippen LogP contribution < -0.4 is 0 Å². The number of hydrogen-bond donors (Lipinski definition) is 3. The van der Waals surface area contributed by atoms with Crippen molar-refractivity contribution in [1.29, 1.82) is 0 Å². The Morgan fingerprint density at radius 2 is 1.59 bits per heavy atom. The number of H-pyrrole nitrogens is 1. The molecular formula is C19H24N6O4. The number of rotatable bonds is 10. The van der Waals surface area contributed by atoms with Gasteiger partial charge in [-0.25, -0.2) is 4.68 Å². The quantitative estimate of drug-likeness (QED) is 0.468. The minimum Gasteiger partial charge on any atom is -0.481 e. The van der Waals surface area contributed by atoms with E-state index < -0.39 is 11.9 Å². The lowest BCUT2D eigenvalue weighted by molar-refractivity contribution is -0.138. The molecule has 0 aliphatic heterocycles. The van der Waals surface area contributed by atoms with Crippen LogP contribution >= 0.6 is 0 Å². The molecule has 29 heavy (non-hydrogen) atoms. The van der Waals surface area contributed by atoms with Gasteiger partial charge < -0.3 is 10.2 Å². The fourth-order valence-corrected chi connectivity index (χ4v) is 2.49. The molecule has 2 aromatic heterocycles. The number of carboxylic acids is 2. The number of benzene rings is 1. The monoisotopic (exact) mass is 400 g/mol. The topological polar surface area (TPSA) is 147 Å². The van der Waals surface area contributed by atoms with Gasteiger partial charge in [-0.05, 0) is 31.2 Å². The van der Waals surface area contributed by atoms with E-state index in [1.54, 1.807) is 10.9 Å². The molecule has 10 heteroatoms. The first-order valence-electron chi connectivity index (χ1n) is 9.25. The number of aromatic nitrogens is 6. The summed E-state index contributed by atoms with van der Waals surface area (Å²) in [6, 6.07) is 10.0. The average Bonchev–Trinajstić information content (AvgIpc) is 3.35. The van der Waals surface area contributed by atoms with Gasteiger partial charge in [-0.1, -0.05) is 40.8 Å². The minimum absolute atomic E-state index is 0.172. The number of nitrogens with zero attached hydrogens (tertiary/aromatic N) is 5. The number of carbonyl (C=O) groups is 2. The van der Waals surface area contributed by atoms with Gasteiger partial charge in [0.2, 0.25) is 0 Å². The van der Waals surface area contributed by atoms with E-state index in [0.29, 0.717) is 32.2 Å². The van der Waals surface area contributed by atoms with Crippen molar-refractivity contribution >= 4 is 11.9 Å². The van der Waals surface area contributed by atoms with Crippen molar-refractivity contribution in [3.05, 3.63) is 59.7 Å². The largest absolute Gasteiger partial charge is 0.481 e. The second-order valence-electron chi connectivity index (χ2n) is 6.35. The Bertz CT molecular complexity index is 864. The molecule has 154 valence electrons. The summed E-state index contributed by atoms with van der Waals surface area (Å²) in [5, 5.41) is 34.7. The van der Waals surface area contributed by atoms with E-state index in [2.05, 4.69) is 25.7 Å². The minimum atomic E-state index is -0.772. The van der Waals surface area contributed by atoms with Crippen LogP contribution in [0.15, 0.2) is 42.7 Å². The molecular weight excluding hydrogens is 376 g/mol. The molecule has 0 aliphatic rings. The SMILES string of the molecule is O=C(O)CCCc1c[nH]nn1.O=C(O)CCCc1cn(Cc2ccccc2)nn1. The van der Waals surface area contributed by atoms with Crippen LogP contribution in [0.25, 0.3) is 0 Å². The molecule has 3 N–H and O–H groups in total. The van der Waals surface area contributed by atoms with Gasteiger partial charge in [-0.15, -0.1) is 10.2 Å². The fourth-order valence-electron chi connectivity index (χ4n) is 2.49. The van der Waals surface area contributed by atoms with E-state index in [0.717, 1.165) is 11.4 Å². The van der Waals surface area contributed by atoms with Gasteiger partial charge in [0.05, 0.1) is 17.9 Å². The van der Waals surface area contributed by atoms with Crippen LogP contribution in [0.5, 0.6) is 0 Å². The van der Waals surface area contributed by atoms with Crippen molar-refractivity contribution in [3.8, 4) is 0 Å². The van der Waals surface area contributed by atoms with Gasteiger partial charge in [0.15, 0.2) is 0 Å². The number of aliphatic carboxylic acids is 2. The maximum Gasteiger partial charge on any atom is 0.303 e. The highest BCUT2D eigenvalue weighted by Gasteiger charge is 2.03. The second-order valence-corrected chi connectivity index (χ2v) is 6.35. The highest BCUT2D eigenvalue weighted by molar-refractivity contribution is 5.66. The first-order valence-corrected chi connectivity index (χ1v) is 9.25. The molecule has 0 radical (unpaired) electrons. The molecule has 0 saturated carbocycles. The van der Waals surface area contributed by atoms with Gasteiger partial charge in [-0.2, -0.15) is 0 Å². The predicted molar refractivity (Wildman–Crippen MR) is 103 cm³/mol. The third-order valence-electron chi connectivity index (χ3n) is 3.89.